The van der Waals surface area contributed by atoms with Crippen molar-refractivity contribution in [3.05, 3.63) is 23.3 Å². The summed E-state index contributed by atoms with van der Waals surface area (Å²) in [5.74, 6) is 0.941. The average molecular weight is 357 g/mol. The summed E-state index contributed by atoms with van der Waals surface area (Å²) in [6, 6.07) is 4.88. The van der Waals surface area contributed by atoms with Crippen LogP contribution in [-0.2, 0) is 9.53 Å². The maximum atomic E-state index is 11.4. The number of epoxide rings is 1. The van der Waals surface area contributed by atoms with Gasteiger partial charge in [0.2, 0.25) is 0 Å². The van der Waals surface area contributed by atoms with Gasteiger partial charge in [0, 0.05) is 24.6 Å². The molecule has 5 nitrogen and oxygen atoms in total. The third kappa shape index (κ3) is 2.48. The smallest absolute Gasteiger partial charge is 0.308 e. The third-order valence-corrected chi connectivity index (χ3v) is 7.09. The van der Waals surface area contributed by atoms with Crippen LogP contribution in [0.5, 0.6) is 11.5 Å². The average Bonchev–Trinajstić information content (AvgIpc) is 3.16. The van der Waals surface area contributed by atoms with Crippen LogP contribution in [0.1, 0.15) is 68.4 Å². The summed E-state index contributed by atoms with van der Waals surface area (Å²) in [5.41, 5.74) is 2.32. The Kier molecular flexibility index (Phi) is 3.80. The Hall–Kier alpha value is -1.59. The first-order valence-corrected chi connectivity index (χ1v) is 9.96. The summed E-state index contributed by atoms with van der Waals surface area (Å²) in [6.07, 6.45) is 7.63. The number of phenolic OH excluding ortho intramolecular Hbond substituents is 1. The van der Waals surface area contributed by atoms with E-state index in [9.17, 15) is 9.90 Å². The van der Waals surface area contributed by atoms with Crippen LogP contribution >= 0.6 is 0 Å². The van der Waals surface area contributed by atoms with Gasteiger partial charge in [-0.2, -0.15) is 0 Å². The van der Waals surface area contributed by atoms with E-state index >= 15 is 0 Å². The zero-order valence-corrected chi connectivity index (χ0v) is 15.5. The highest BCUT2D eigenvalue weighted by Crippen LogP contribution is 2.54. The van der Waals surface area contributed by atoms with Crippen molar-refractivity contribution in [3.63, 3.8) is 0 Å². The number of carbonyl (C=O) groups is 1. The molecule has 0 radical (unpaired) electrons. The van der Waals surface area contributed by atoms with Gasteiger partial charge in [-0.25, -0.2) is 0 Å². The Labute approximate surface area is 154 Å². The molecule has 5 rings (SSSR count). The molecule has 5 heteroatoms. The van der Waals surface area contributed by atoms with Gasteiger partial charge in [-0.3, -0.25) is 9.69 Å². The lowest BCUT2D eigenvalue weighted by atomic mass is 9.79. The third-order valence-electron chi connectivity index (χ3n) is 7.09. The van der Waals surface area contributed by atoms with E-state index in [1.807, 2.05) is 0 Å². The normalized spacial score (nSPS) is 36.2. The highest BCUT2D eigenvalue weighted by atomic mass is 16.6. The molecule has 1 N–H and O–H groups in total. The molecule has 26 heavy (non-hydrogen) atoms. The fraction of sp³-hybridized carbons (Fsp3) is 0.667. The number of piperidine rings is 1. The van der Waals surface area contributed by atoms with Crippen LogP contribution in [0, 0.1) is 0 Å². The first-order chi connectivity index (χ1) is 12.5. The van der Waals surface area contributed by atoms with Gasteiger partial charge < -0.3 is 14.6 Å². The predicted molar refractivity (Wildman–Crippen MR) is 96.6 cm³/mol. The second kappa shape index (κ2) is 5.96. The second-order valence-electron chi connectivity index (χ2n) is 8.52. The number of fused-ring (bicyclic) bond motifs is 5. The van der Waals surface area contributed by atoms with Crippen molar-refractivity contribution in [1.29, 1.82) is 0 Å². The topological polar surface area (TPSA) is 62.3 Å². The summed E-state index contributed by atoms with van der Waals surface area (Å²) in [6.45, 7) is 1.38. The maximum Gasteiger partial charge on any atom is 0.308 e. The number of morpholine rings is 1. The molecule has 5 atom stereocenters. The van der Waals surface area contributed by atoms with Gasteiger partial charge in [-0.05, 0) is 56.2 Å². The molecule has 3 saturated heterocycles. The van der Waals surface area contributed by atoms with Gasteiger partial charge in [-0.15, -0.1) is 0 Å². The molecule has 4 fully saturated rings. The predicted octanol–water partition coefficient (Wildman–Crippen LogP) is 3.30. The molecule has 0 amide bonds. The largest absolute Gasteiger partial charge is 0.504 e. The fourth-order valence-electron chi connectivity index (χ4n) is 5.84. The number of aromatic hydroxyl groups is 1. The molecule has 0 aromatic heterocycles. The minimum absolute atomic E-state index is 0.192. The number of carbonyl (C=O) groups excluding carboxylic acids is 1. The van der Waals surface area contributed by atoms with Crippen molar-refractivity contribution in [2.24, 2.45) is 0 Å². The lowest BCUT2D eigenvalue weighted by molar-refractivity contribution is -0.132. The van der Waals surface area contributed by atoms with Crippen LogP contribution in [0.25, 0.3) is 0 Å². The molecule has 140 valence electrons. The lowest BCUT2D eigenvalue weighted by Crippen LogP contribution is -2.44. The molecular weight excluding hydrogens is 330 g/mol. The molecule has 3 aliphatic heterocycles. The van der Waals surface area contributed by atoms with Gasteiger partial charge >= 0.3 is 5.97 Å². The number of nitrogens with zero attached hydrogens (tertiary/aromatic N) is 1. The molecule has 4 aliphatic rings. The molecule has 1 aromatic rings. The first-order valence-electron chi connectivity index (χ1n) is 9.96. The van der Waals surface area contributed by atoms with E-state index in [4.69, 9.17) is 9.47 Å². The Morgan fingerprint density at radius 1 is 1.15 bits per heavy atom. The van der Waals surface area contributed by atoms with E-state index in [0.717, 1.165) is 31.2 Å². The van der Waals surface area contributed by atoms with Crippen molar-refractivity contribution in [2.45, 2.75) is 81.6 Å². The van der Waals surface area contributed by atoms with E-state index in [1.54, 1.807) is 6.07 Å². The molecule has 1 aliphatic carbocycles. The maximum absolute atomic E-state index is 11.4. The second-order valence-corrected chi connectivity index (χ2v) is 8.52. The van der Waals surface area contributed by atoms with Crippen molar-refractivity contribution in [1.82, 2.24) is 4.90 Å². The molecular formula is C21H27NO4. The van der Waals surface area contributed by atoms with Gasteiger partial charge in [0.05, 0.1) is 0 Å². The number of hydrogen-bond donors (Lipinski definition) is 1. The summed E-state index contributed by atoms with van der Waals surface area (Å²) in [4.78, 5) is 13.9. The molecule has 1 saturated carbocycles. The monoisotopic (exact) mass is 357 g/mol. The van der Waals surface area contributed by atoms with Crippen molar-refractivity contribution in [2.75, 3.05) is 7.05 Å². The quantitative estimate of drug-likeness (QED) is 0.511. The van der Waals surface area contributed by atoms with Crippen molar-refractivity contribution >= 4 is 5.97 Å². The number of hydrogen-bond acceptors (Lipinski definition) is 5. The first kappa shape index (κ1) is 16.6. The van der Waals surface area contributed by atoms with E-state index in [-0.39, 0.29) is 11.7 Å². The van der Waals surface area contributed by atoms with Crippen molar-refractivity contribution in [3.8, 4) is 11.5 Å². The molecule has 4 unspecified atom stereocenters. The van der Waals surface area contributed by atoms with Gasteiger partial charge in [0.1, 0.15) is 12.2 Å². The van der Waals surface area contributed by atoms with E-state index in [0.29, 0.717) is 41.9 Å². The zero-order valence-electron chi connectivity index (χ0n) is 15.5. The fourth-order valence-corrected chi connectivity index (χ4v) is 5.84. The number of phenols is 1. The zero-order chi connectivity index (χ0) is 18.0. The Morgan fingerprint density at radius 3 is 2.42 bits per heavy atom. The van der Waals surface area contributed by atoms with E-state index in [2.05, 4.69) is 18.0 Å². The number of rotatable bonds is 3. The minimum atomic E-state index is -0.389. The lowest BCUT2D eigenvalue weighted by Gasteiger charge is -2.39. The molecule has 3 heterocycles. The standard InChI is InChI=1S/C21H27NO4/c1-11(23)25-17-8-7-14(18(19(17)24)12-5-3-4-6-12)13-9-15-20-21(26-20)16(10-13)22(15)2/h7-8,12-13,15-16,20-21,24H,3-6,9-10H2,1-2H3/t13?,15-,16?,20?,21?/m0/s1. The minimum Gasteiger partial charge on any atom is -0.504 e. The van der Waals surface area contributed by atoms with Crippen LogP contribution in [0.15, 0.2) is 12.1 Å². The van der Waals surface area contributed by atoms with Crippen LogP contribution in [0.4, 0.5) is 0 Å². The Morgan fingerprint density at radius 2 is 1.81 bits per heavy atom. The summed E-state index contributed by atoms with van der Waals surface area (Å²) in [5, 5.41) is 11.0. The highest BCUT2D eigenvalue weighted by molar-refractivity contribution is 5.71. The number of ether oxygens (including phenoxy) is 2. The SMILES string of the molecule is CC(=O)Oc1ccc(C2CC3C4OC4[C@H](C2)N3C)c(C2CCCC2)c1O. The number of likely N-dealkylation sites (N-methyl/N-ethyl adjacent to an activating group) is 1. The van der Waals surface area contributed by atoms with Crippen LogP contribution in [-0.4, -0.2) is 47.3 Å². The van der Waals surface area contributed by atoms with Crippen LogP contribution < -0.4 is 4.74 Å². The van der Waals surface area contributed by atoms with E-state index in [1.165, 1.54) is 25.3 Å². The highest BCUT2D eigenvalue weighted by Gasteiger charge is 2.62. The number of benzene rings is 1. The van der Waals surface area contributed by atoms with Crippen LogP contribution in [0.3, 0.4) is 0 Å². The van der Waals surface area contributed by atoms with Gasteiger partial charge in [0.25, 0.3) is 0 Å². The summed E-state index contributed by atoms with van der Waals surface area (Å²) >= 11 is 0. The van der Waals surface area contributed by atoms with Crippen molar-refractivity contribution < 1.29 is 19.4 Å². The molecule has 1 aromatic carbocycles. The molecule has 0 spiro atoms. The Balaban J connectivity index is 1.52. The van der Waals surface area contributed by atoms with E-state index < -0.39 is 0 Å². The Bertz CT molecular complexity index is 724. The van der Waals surface area contributed by atoms with Crippen LogP contribution in [0.2, 0.25) is 0 Å². The number of esters is 1. The molecule has 2 bridgehead atoms. The summed E-state index contributed by atoms with van der Waals surface area (Å²) < 4.78 is 11.1. The van der Waals surface area contributed by atoms with Gasteiger partial charge in [0.15, 0.2) is 11.5 Å². The summed E-state index contributed by atoms with van der Waals surface area (Å²) in [7, 11) is 2.22. The van der Waals surface area contributed by atoms with Gasteiger partial charge in [-0.1, -0.05) is 18.9 Å².